The van der Waals surface area contributed by atoms with E-state index in [1.54, 1.807) is 7.11 Å². The van der Waals surface area contributed by atoms with Crippen LogP contribution in [0.1, 0.15) is 11.1 Å². The second-order valence-electron chi connectivity index (χ2n) is 5.93. The molecule has 26 heavy (non-hydrogen) atoms. The first-order valence-electron chi connectivity index (χ1n) is 8.54. The van der Waals surface area contributed by atoms with Crippen LogP contribution in [0.4, 0.5) is 5.69 Å². The summed E-state index contributed by atoms with van der Waals surface area (Å²) in [6.45, 7) is 0.586. The van der Waals surface area contributed by atoms with Crippen molar-refractivity contribution in [1.82, 2.24) is 5.43 Å². The zero-order valence-corrected chi connectivity index (χ0v) is 14.8. The number of para-hydroxylation sites is 2. The molecule has 1 N–H and O–H groups in total. The van der Waals surface area contributed by atoms with Gasteiger partial charge in [-0.2, -0.15) is 0 Å². The molecule has 1 amide bonds. The van der Waals surface area contributed by atoms with Crippen molar-refractivity contribution in [3.63, 3.8) is 0 Å². The topological polar surface area (TPSA) is 41.6 Å². The summed E-state index contributed by atoms with van der Waals surface area (Å²) in [5, 5.41) is 1.87. The van der Waals surface area contributed by atoms with Gasteiger partial charge < -0.3 is 4.74 Å². The monoisotopic (exact) mass is 346 g/mol. The molecule has 0 aliphatic rings. The summed E-state index contributed by atoms with van der Waals surface area (Å²) in [5.74, 6) is 0.631. The van der Waals surface area contributed by atoms with Crippen LogP contribution in [-0.4, -0.2) is 13.0 Å². The number of hydrazine groups is 1. The largest absolute Gasteiger partial charge is 0.496 e. The maximum atomic E-state index is 12.6. The number of nitrogens with one attached hydrogen (secondary N) is 1. The fraction of sp³-hybridized carbons (Fsp3) is 0.136. The van der Waals surface area contributed by atoms with Crippen LogP contribution in [0.3, 0.4) is 0 Å². The molecule has 4 heteroatoms. The Morgan fingerprint density at radius 2 is 1.50 bits per heavy atom. The molecule has 4 nitrogen and oxygen atoms in total. The molecule has 3 aromatic carbocycles. The maximum absolute atomic E-state index is 12.6. The SMILES string of the molecule is COc1ccccc1CC(=O)NN(Cc1ccccc1)c1ccccc1. The number of amides is 1. The van der Waals surface area contributed by atoms with E-state index in [0.717, 1.165) is 22.6 Å². The first-order valence-corrected chi connectivity index (χ1v) is 8.54. The van der Waals surface area contributed by atoms with E-state index in [0.29, 0.717) is 6.54 Å². The molecule has 0 aliphatic carbocycles. The van der Waals surface area contributed by atoms with Crippen molar-refractivity contribution in [2.24, 2.45) is 0 Å². The fourth-order valence-electron chi connectivity index (χ4n) is 2.78. The van der Waals surface area contributed by atoms with Gasteiger partial charge in [0, 0.05) is 5.56 Å². The van der Waals surface area contributed by atoms with Gasteiger partial charge in [0.25, 0.3) is 0 Å². The summed E-state index contributed by atoms with van der Waals surface area (Å²) in [4.78, 5) is 12.6. The Morgan fingerprint density at radius 1 is 0.885 bits per heavy atom. The molecule has 0 saturated heterocycles. The molecule has 3 rings (SSSR count). The van der Waals surface area contributed by atoms with Crippen molar-refractivity contribution in [3.8, 4) is 5.75 Å². The number of methoxy groups -OCH3 is 1. The molecule has 0 unspecified atom stereocenters. The lowest BCUT2D eigenvalue weighted by Gasteiger charge is -2.25. The third-order valence-corrected chi connectivity index (χ3v) is 4.05. The van der Waals surface area contributed by atoms with Gasteiger partial charge >= 0.3 is 0 Å². The highest BCUT2D eigenvalue weighted by atomic mass is 16.5. The van der Waals surface area contributed by atoms with Crippen molar-refractivity contribution in [1.29, 1.82) is 0 Å². The third kappa shape index (κ3) is 4.63. The molecular weight excluding hydrogens is 324 g/mol. The molecule has 0 radical (unpaired) electrons. The summed E-state index contributed by atoms with van der Waals surface area (Å²) in [7, 11) is 1.61. The summed E-state index contributed by atoms with van der Waals surface area (Å²) < 4.78 is 5.34. The predicted molar refractivity (Wildman–Crippen MR) is 104 cm³/mol. The lowest BCUT2D eigenvalue weighted by molar-refractivity contribution is -0.120. The Bertz CT molecular complexity index is 835. The van der Waals surface area contributed by atoms with E-state index in [1.165, 1.54) is 0 Å². The van der Waals surface area contributed by atoms with Crippen molar-refractivity contribution in [2.45, 2.75) is 13.0 Å². The van der Waals surface area contributed by atoms with E-state index in [1.807, 2.05) is 89.9 Å². The van der Waals surface area contributed by atoms with Gasteiger partial charge in [0.1, 0.15) is 5.75 Å². The van der Waals surface area contributed by atoms with Gasteiger partial charge in [-0.15, -0.1) is 0 Å². The van der Waals surface area contributed by atoms with E-state index in [-0.39, 0.29) is 12.3 Å². The third-order valence-electron chi connectivity index (χ3n) is 4.05. The van der Waals surface area contributed by atoms with Gasteiger partial charge in [-0.05, 0) is 23.8 Å². The Kier molecular flexibility index (Phi) is 5.88. The fourth-order valence-corrected chi connectivity index (χ4v) is 2.78. The molecular formula is C22H22N2O2. The maximum Gasteiger partial charge on any atom is 0.243 e. The summed E-state index contributed by atoms with van der Waals surface area (Å²) in [5.41, 5.74) is 5.94. The van der Waals surface area contributed by atoms with Crippen molar-refractivity contribution in [2.75, 3.05) is 12.1 Å². The predicted octanol–water partition coefficient (Wildman–Crippen LogP) is 3.98. The highest BCUT2D eigenvalue weighted by Crippen LogP contribution is 2.19. The second-order valence-corrected chi connectivity index (χ2v) is 5.93. The molecule has 0 aliphatic heterocycles. The van der Waals surface area contributed by atoms with Gasteiger partial charge in [-0.1, -0.05) is 66.7 Å². The Labute approximate surface area is 154 Å². The molecule has 0 heterocycles. The van der Waals surface area contributed by atoms with Crippen molar-refractivity contribution < 1.29 is 9.53 Å². The van der Waals surface area contributed by atoms with Gasteiger partial charge in [-0.3, -0.25) is 15.2 Å². The minimum Gasteiger partial charge on any atom is -0.496 e. The molecule has 0 spiro atoms. The number of hydrogen-bond acceptors (Lipinski definition) is 3. The van der Waals surface area contributed by atoms with Crippen LogP contribution in [0.2, 0.25) is 0 Å². The smallest absolute Gasteiger partial charge is 0.243 e. The second kappa shape index (κ2) is 8.72. The van der Waals surface area contributed by atoms with Crippen LogP contribution in [0.5, 0.6) is 5.75 Å². The van der Waals surface area contributed by atoms with Crippen molar-refractivity contribution >= 4 is 11.6 Å². The summed E-state index contributed by atoms with van der Waals surface area (Å²) >= 11 is 0. The molecule has 0 bridgehead atoms. The highest BCUT2D eigenvalue weighted by molar-refractivity contribution is 5.81. The molecule has 0 atom stereocenters. The number of carbonyl (C=O) groups is 1. The van der Waals surface area contributed by atoms with E-state index in [4.69, 9.17) is 4.74 Å². The van der Waals surface area contributed by atoms with Gasteiger partial charge in [0.15, 0.2) is 0 Å². The average molecular weight is 346 g/mol. The number of benzene rings is 3. The van der Waals surface area contributed by atoms with Crippen LogP contribution in [0.15, 0.2) is 84.9 Å². The minimum absolute atomic E-state index is 0.0886. The normalized spacial score (nSPS) is 10.2. The first-order chi connectivity index (χ1) is 12.8. The lowest BCUT2D eigenvalue weighted by Crippen LogP contribution is -2.42. The van der Waals surface area contributed by atoms with E-state index >= 15 is 0 Å². The summed E-state index contributed by atoms with van der Waals surface area (Å²) in [6, 6.07) is 27.5. The van der Waals surface area contributed by atoms with Crippen LogP contribution < -0.4 is 15.2 Å². The zero-order valence-electron chi connectivity index (χ0n) is 14.8. The number of ether oxygens (including phenoxy) is 1. The van der Waals surface area contributed by atoms with Crippen LogP contribution >= 0.6 is 0 Å². The van der Waals surface area contributed by atoms with Crippen LogP contribution in [0, 0.1) is 0 Å². The molecule has 3 aromatic rings. The van der Waals surface area contributed by atoms with Crippen LogP contribution in [0.25, 0.3) is 0 Å². The molecule has 0 fully saturated rings. The first kappa shape index (κ1) is 17.5. The Morgan fingerprint density at radius 3 is 2.19 bits per heavy atom. The van der Waals surface area contributed by atoms with Gasteiger partial charge in [0.2, 0.25) is 5.91 Å². The van der Waals surface area contributed by atoms with Gasteiger partial charge in [-0.25, -0.2) is 0 Å². The van der Waals surface area contributed by atoms with Gasteiger partial charge in [0.05, 0.1) is 25.8 Å². The Hall–Kier alpha value is -3.27. The van der Waals surface area contributed by atoms with E-state index in [9.17, 15) is 4.79 Å². The summed E-state index contributed by atoms with van der Waals surface area (Å²) in [6.07, 6.45) is 0.252. The number of rotatable bonds is 7. The molecule has 0 aromatic heterocycles. The average Bonchev–Trinajstić information content (AvgIpc) is 2.69. The van der Waals surface area contributed by atoms with E-state index < -0.39 is 0 Å². The number of carbonyl (C=O) groups excluding carboxylic acids is 1. The standard InChI is InChI=1S/C22H22N2O2/c1-26-21-15-9-8-12-19(21)16-22(25)23-24(20-13-6-3-7-14-20)17-18-10-4-2-5-11-18/h2-15H,16-17H2,1H3,(H,23,25). The Balaban J connectivity index is 1.75. The number of anilines is 1. The molecule has 0 saturated carbocycles. The minimum atomic E-state index is -0.0886. The number of nitrogens with zero attached hydrogens (tertiary/aromatic N) is 1. The molecule has 132 valence electrons. The highest BCUT2D eigenvalue weighted by Gasteiger charge is 2.13. The van der Waals surface area contributed by atoms with E-state index in [2.05, 4.69) is 5.43 Å². The zero-order chi connectivity index (χ0) is 18.2. The van der Waals surface area contributed by atoms with Crippen LogP contribution in [-0.2, 0) is 17.8 Å². The number of hydrogen-bond donors (Lipinski definition) is 1. The lowest BCUT2D eigenvalue weighted by atomic mass is 10.1. The van der Waals surface area contributed by atoms with Crippen molar-refractivity contribution in [3.05, 3.63) is 96.1 Å². The quantitative estimate of drug-likeness (QED) is 0.658.